The highest BCUT2D eigenvalue weighted by atomic mass is 32.2. The first-order valence-corrected chi connectivity index (χ1v) is 5.27. The van der Waals surface area contributed by atoms with E-state index in [2.05, 4.69) is 20.2 Å². The van der Waals surface area contributed by atoms with E-state index in [0.29, 0.717) is 16.0 Å². The van der Waals surface area contributed by atoms with E-state index in [-0.39, 0.29) is 5.69 Å². The average molecular weight is 238 g/mol. The Balaban J connectivity index is 2.38. The molecule has 0 saturated carbocycles. The van der Waals surface area contributed by atoms with Crippen LogP contribution in [-0.2, 0) is 7.05 Å². The first kappa shape index (κ1) is 10.7. The van der Waals surface area contributed by atoms with Gasteiger partial charge in [0.1, 0.15) is 17.2 Å². The van der Waals surface area contributed by atoms with E-state index in [1.165, 1.54) is 22.7 Å². The molecule has 0 aliphatic carbocycles. The second kappa shape index (κ2) is 3.97. The van der Waals surface area contributed by atoms with Gasteiger partial charge in [0.15, 0.2) is 5.16 Å². The maximum atomic E-state index is 11.2. The Bertz CT molecular complexity index is 574. The molecule has 0 bridgehead atoms. The van der Waals surface area contributed by atoms with Crippen molar-refractivity contribution in [2.75, 3.05) is 5.73 Å². The Kier molecular flexibility index (Phi) is 2.65. The van der Waals surface area contributed by atoms with Crippen molar-refractivity contribution in [2.24, 2.45) is 7.05 Å². The lowest BCUT2D eigenvalue weighted by atomic mass is 10.4. The molecule has 0 aliphatic heterocycles. The third-order valence-corrected chi connectivity index (χ3v) is 3.26. The zero-order chi connectivity index (χ0) is 11.7. The fourth-order valence-corrected chi connectivity index (χ4v) is 1.90. The lowest BCUT2D eigenvalue weighted by Crippen LogP contribution is -2.12. The van der Waals surface area contributed by atoms with E-state index in [4.69, 9.17) is 5.73 Å². The second-order valence-corrected chi connectivity index (χ2v) is 4.12. The van der Waals surface area contributed by atoms with Crippen molar-refractivity contribution in [2.45, 2.75) is 17.1 Å². The van der Waals surface area contributed by atoms with Crippen LogP contribution < -0.4 is 11.4 Å². The van der Waals surface area contributed by atoms with Gasteiger partial charge in [-0.2, -0.15) is 0 Å². The third-order valence-electron chi connectivity index (χ3n) is 2.10. The normalized spacial score (nSPS) is 10.6. The topological polar surface area (TPSA) is 102 Å². The molecule has 0 amide bonds. The lowest BCUT2D eigenvalue weighted by molar-refractivity contribution is 0.764. The van der Waals surface area contributed by atoms with Gasteiger partial charge in [0.25, 0.3) is 0 Å². The van der Waals surface area contributed by atoms with Gasteiger partial charge >= 0.3 is 5.69 Å². The predicted octanol–water partition coefficient (Wildman–Crippen LogP) is -0.0598. The number of rotatable bonds is 2. The highest BCUT2D eigenvalue weighted by Gasteiger charge is 2.11. The SMILES string of the molecule is Cc1c(N)ncnc1Sc1n[nH]c(=O)n1C. The predicted molar refractivity (Wildman–Crippen MR) is 59.1 cm³/mol. The molecule has 16 heavy (non-hydrogen) atoms. The fourth-order valence-electron chi connectivity index (χ4n) is 1.06. The minimum absolute atomic E-state index is 0.262. The van der Waals surface area contributed by atoms with Crippen molar-refractivity contribution in [1.29, 1.82) is 0 Å². The van der Waals surface area contributed by atoms with Crippen LogP contribution in [0.25, 0.3) is 0 Å². The van der Waals surface area contributed by atoms with Crippen LogP contribution in [0.1, 0.15) is 5.56 Å². The van der Waals surface area contributed by atoms with Crippen LogP contribution in [0.3, 0.4) is 0 Å². The molecule has 3 N–H and O–H groups in total. The van der Waals surface area contributed by atoms with Gasteiger partial charge in [-0.3, -0.25) is 4.57 Å². The molecule has 0 unspecified atom stereocenters. The fraction of sp³-hybridized carbons (Fsp3) is 0.250. The summed E-state index contributed by atoms with van der Waals surface area (Å²) in [4.78, 5) is 19.1. The highest BCUT2D eigenvalue weighted by Crippen LogP contribution is 2.26. The molecule has 84 valence electrons. The molecule has 2 rings (SSSR count). The number of aromatic amines is 1. The zero-order valence-corrected chi connectivity index (χ0v) is 9.58. The third kappa shape index (κ3) is 1.78. The molecule has 8 heteroatoms. The summed E-state index contributed by atoms with van der Waals surface area (Å²) >= 11 is 1.27. The first-order chi connectivity index (χ1) is 7.59. The molecule has 0 radical (unpaired) electrons. The standard InChI is InChI=1S/C8H10N6OS/c1-4-5(9)10-3-11-6(4)16-8-13-12-7(15)14(8)2/h3H,1-2H3,(H,12,15)(H2,9,10,11). The molecular formula is C8H10N6OS. The van der Waals surface area contributed by atoms with Crippen LogP contribution in [0.2, 0.25) is 0 Å². The summed E-state index contributed by atoms with van der Waals surface area (Å²) in [6.07, 6.45) is 1.38. The molecule has 2 aromatic heterocycles. The van der Waals surface area contributed by atoms with Gasteiger partial charge in [0, 0.05) is 12.6 Å². The largest absolute Gasteiger partial charge is 0.383 e. The Labute approximate surface area is 95.1 Å². The Morgan fingerprint density at radius 1 is 1.50 bits per heavy atom. The number of anilines is 1. The summed E-state index contributed by atoms with van der Waals surface area (Å²) in [5.41, 5.74) is 6.17. The van der Waals surface area contributed by atoms with Crippen LogP contribution >= 0.6 is 11.8 Å². The Morgan fingerprint density at radius 2 is 2.25 bits per heavy atom. The van der Waals surface area contributed by atoms with Gasteiger partial charge in [0.2, 0.25) is 0 Å². The number of hydrogen-bond acceptors (Lipinski definition) is 6. The maximum absolute atomic E-state index is 11.2. The Hall–Kier alpha value is -1.83. The maximum Gasteiger partial charge on any atom is 0.343 e. The summed E-state index contributed by atoms with van der Waals surface area (Å²) in [5.74, 6) is 0.429. The number of nitrogens with one attached hydrogen (secondary N) is 1. The minimum Gasteiger partial charge on any atom is -0.383 e. The Morgan fingerprint density at radius 3 is 2.88 bits per heavy atom. The molecule has 0 saturated heterocycles. The van der Waals surface area contributed by atoms with Crippen molar-refractivity contribution in [3.63, 3.8) is 0 Å². The molecule has 0 fully saturated rings. The number of aromatic nitrogens is 5. The minimum atomic E-state index is -0.262. The number of hydrogen-bond donors (Lipinski definition) is 2. The van der Waals surface area contributed by atoms with E-state index in [0.717, 1.165) is 5.56 Å². The molecule has 0 aromatic carbocycles. The van der Waals surface area contributed by atoms with Gasteiger partial charge in [-0.25, -0.2) is 19.9 Å². The molecule has 0 spiro atoms. The summed E-state index contributed by atoms with van der Waals surface area (Å²) in [5, 5.41) is 7.44. The quantitative estimate of drug-likeness (QED) is 0.710. The lowest BCUT2D eigenvalue weighted by Gasteiger charge is -2.04. The van der Waals surface area contributed by atoms with Crippen LogP contribution in [-0.4, -0.2) is 24.7 Å². The molecule has 2 heterocycles. The van der Waals surface area contributed by atoms with Crippen molar-refractivity contribution in [1.82, 2.24) is 24.7 Å². The van der Waals surface area contributed by atoms with Crippen LogP contribution in [0, 0.1) is 6.92 Å². The molecular weight excluding hydrogens is 228 g/mol. The summed E-state index contributed by atoms with van der Waals surface area (Å²) < 4.78 is 1.41. The van der Waals surface area contributed by atoms with E-state index < -0.39 is 0 Å². The number of nitrogen functional groups attached to an aromatic ring is 1. The van der Waals surface area contributed by atoms with Gasteiger partial charge in [-0.05, 0) is 18.7 Å². The van der Waals surface area contributed by atoms with Crippen LogP contribution in [0.4, 0.5) is 5.82 Å². The van der Waals surface area contributed by atoms with Gasteiger partial charge in [-0.1, -0.05) is 0 Å². The number of nitrogens with zero attached hydrogens (tertiary/aromatic N) is 4. The van der Waals surface area contributed by atoms with Crippen molar-refractivity contribution in [3.8, 4) is 0 Å². The van der Waals surface area contributed by atoms with Gasteiger partial charge in [-0.15, -0.1) is 5.10 Å². The van der Waals surface area contributed by atoms with E-state index in [9.17, 15) is 4.79 Å². The first-order valence-electron chi connectivity index (χ1n) is 4.46. The highest BCUT2D eigenvalue weighted by molar-refractivity contribution is 7.99. The monoisotopic (exact) mass is 238 g/mol. The molecule has 2 aromatic rings. The van der Waals surface area contributed by atoms with Gasteiger partial charge < -0.3 is 5.73 Å². The molecule has 0 atom stereocenters. The summed E-state index contributed by atoms with van der Waals surface area (Å²) in [7, 11) is 1.63. The number of H-pyrrole nitrogens is 1. The summed E-state index contributed by atoms with van der Waals surface area (Å²) in [6.45, 7) is 1.82. The van der Waals surface area contributed by atoms with Crippen molar-refractivity contribution >= 4 is 17.6 Å². The van der Waals surface area contributed by atoms with Gasteiger partial charge in [0.05, 0.1) is 0 Å². The van der Waals surface area contributed by atoms with E-state index in [1.54, 1.807) is 7.05 Å². The van der Waals surface area contributed by atoms with E-state index in [1.807, 2.05) is 6.92 Å². The van der Waals surface area contributed by atoms with Crippen molar-refractivity contribution < 1.29 is 0 Å². The molecule has 7 nitrogen and oxygen atoms in total. The molecule has 0 aliphatic rings. The van der Waals surface area contributed by atoms with Crippen molar-refractivity contribution in [3.05, 3.63) is 22.4 Å². The van der Waals surface area contributed by atoms with Crippen LogP contribution in [0.15, 0.2) is 21.3 Å². The second-order valence-electron chi connectivity index (χ2n) is 3.16. The smallest absolute Gasteiger partial charge is 0.343 e. The average Bonchev–Trinajstić information content (AvgIpc) is 2.57. The number of nitrogens with two attached hydrogens (primary N) is 1. The van der Waals surface area contributed by atoms with Crippen LogP contribution in [0.5, 0.6) is 0 Å². The summed E-state index contributed by atoms with van der Waals surface area (Å²) in [6, 6.07) is 0. The zero-order valence-electron chi connectivity index (χ0n) is 8.76. The van der Waals surface area contributed by atoms with E-state index >= 15 is 0 Å².